The summed E-state index contributed by atoms with van der Waals surface area (Å²) < 4.78 is 0. The Morgan fingerprint density at radius 1 is 1.37 bits per heavy atom. The Hall–Kier alpha value is -0.870. The van der Waals surface area contributed by atoms with E-state index in [4.69, 9.17) is 5.73 Å². The lowest BCUT2D eigenvalue weighted by molar-refractivity contribution is 0.0929. The molecule has 1 fully saturated rings. The maximum absolute atomic E-state index is 12.1. The van der Waals surface area contributed by atoms with E-state index in [2.05, 4.69) is 11.6 Å². The van der Waals surface area contributed by atoms with E-state index in [0.717, 1.165) is 12.8 Å². The molecule has 1 aliphatic carbocycles. The molecule has 1 aromatic carbocycles. The van der Waals surface area contributed by atoms with Crippen LogP contribution < -0.4 is 11.1 Å². The molecule has 0 radical (unpaired) electrons. The maximum Gasteiger partial charge on any atom is 0.253 e. The Morgan fingerprint density at radius 3 is 2.79 bits per heavy atom. The van der Waals surface area contributed by atoms with Crippen molar-refractivity contribution in [1.29, 1.82) is 0 Å². The monoisotopic (exact) mass is 300 g/mol. The zero-order chi connectivity index (χ0) is 13.0. The number of nitrogen functional groups attached to an aromatic ring is 1. The minimum atomic E-state index is -0.0418. The molecule has 2 atom stereocenters. The molecule has 0 spiro atoms. The molecule has 1 aromatic rings. The summed E-state index contributed by atoms with van der Waals surface area (Å²) >= 11 is 1.90. The molecule has 0 bridgehead atoms. The number of thioether (sulfide) groups is 1. The first kappa shape index (κ1) is 16.2. The zero-order valence-corrected chi connectivity index (χ0v) is 12.7. The lowest BCUT2D eigenvalue weighted by atomic mass is 9.94. The molecule has 1 aliphatic rings. The van der Waals surface area contributed by atoms with Crippen molar-refractivity contribution in [2.24, 2.45) is 0 Å². The molecule has 19 heavy (non-hydrogen) atoms. The molecule has 0 saturated heterocycles. The van der Waals surface area contributed by atoms with Gasteiger partial charge in [0.25, 0.3) is 5.91 Å². The SMILES string of the molecule is CSC1CCCC(NC(=O)c2ccccc2N)C1.Cl. The van der Waals surface area contributed by atoms with Crippen LogP contribution in [0, 0.1) is 0 Å². The Morgan fingerprint density at radius 2 is 2.11 bits per heavy atom. The Kier molecular flexibility index (Phi) is 6.52. The van der Waals surface area contributed by atoms with Crippen molar-refractivity contribution in [2.45, 2.75) is 37.0 Å². The second kappa shape index (κ2) is 7.65. The molecule has 5 heteroatoms. The lowest BCUT2D eigenvalue weighted by Gasteiger charge is -2.28. The van der Waals surface area contributed by atoms with Gasteiger partial charge in [0, 0.05) is 17.0 Å². The first-order valence-corrected chi connectivity index (χ1v) is 7.67. The number of nitrogens with one attached hydrogen (secondary N) is 1. The van der Waals surface area contributed by atoms with Crippen molar-refractivity contribution in [2.75, 3.05) is 12.0 Å². The number of halogens is 1. The summed E-state index contributed by atoms with van der Waals surface area (Å²) in [5, 5.41) is 3.79. The summed E-state index contributed by atoms with van der Waals surface area (Å²) in [5.41, 5.74) is 6.95. The maximum atomic E-state index is 12.1. The van der Waals surface area contributed by atoms with Crippen molar-refractivity contribution in [3.63, 3.8) is 0 Å². The number of hydrogen-bond acceptors (Lipinski definition) is 3. The highest BCUT2D eigenvalue weighted by atomic mass is 35.5. The highest BCUT2D eigenvalue weighted by Crippen LogP contribution is 2.27. The van der Waals surface area contributed by atoms with Crippen molar-refractivity contribution in [3.8, 4) is 0 Å². The van der Waals surface area contributed by atoms with Gasteiger partial charge in [-0.25, -0.2) is 0 Å². The van der Waals surface area contributed by atoms with Crippen LogP contribution in [0.15, 0.2) is 24.3 Å². The Bertz CT molecular complexity index is 428. The fraction of sp³-hybridized carbons (Fsp3) is 0.500. The van der Waals surface area contributed by atoms with Gasteiger partial charge in [-0.05, 0) is 37.7 Å². The van der Waals surface area contributed by atoms with Crippen LogP contribution in [0.2, 0.25) is 0 Å². The van der Waals surface area contributed by atoms with Gasteiger partial charge in [-0.15, -0.1) is 12.4 Å². The minimum absolute atomic E-state index is 0. The Labute approximate surface area is 125 Å². The van der Waals surface area contributed by atoms with Crippen molar-refractivity contribution >= 4 is 35.8 Å². The summed E-state index contributed by atoms with van der Waals surface area (Å²) in [7, 11) is 0. The van der Waals surface area contributed by atoms with Crippen LogP contribution in [0.1, 0.15) is 36.0 Å². The first-order chi connectivity index (χ1) is 8.70. The van der Waals surface area contributed by atoms with Gasteiger partial charge < -0.3 is 11.1 Å². The topological polar surface area (TPSA) is 55.1 Å². The van der Waals surface area contributed by atoms with Gasteiger partial charge in [-0.3, -0.25) is 4.79 Å². The summed E-state index contributed by atoms with van der Waals surface area (Å²) in [5.74, 6) is -0.0418. The molecular weight excluding hydrogens is 280 g/mol. The van der Waals surface area contributed by atoms with Gasteiger partial charge in [0.1, 0.15) is 0 Å². The number of carbonyl (C=O) groups excluding carboxylic acids is 1. The molecular formula is C14H21ClN2OS. The number of hydrogen-bond donors (Lipinski definition) is 2. The van der Waals surface area contributed by atoms with E-state index in [1.807, 2.05) is 23.9 Å². The van der Waals surface area contributed by atoms with Crippen LogP contribution in [0.25, 0.3) is 0 Å². The van der Waals surface area contributed by atoms with Crippen LogP contribution in [0.4, 0.5) is 5.69 Å². The van der Waals surface area contributed by atoms with Crippen LogP contribution in [0.5, 0.6) is 0 Å². The normalized spacial score (nSPS) is 22.4. The molecule has 1 saturated carbocycles. The smallest absolute Gasteiger partial charge is 0.253 e. The third-order valence-corrected chi connectivity index (χ3v) is 4.59. The minimum Gasteiger partial charge on any atom is -0.398 e. The van der Waals surface area contributed by atoms with E-state index in [1.54, 1.807) is 12.1 Å². The highest BCUT2D eigenvalue weighted by molar-refractivity contribution is 7.99. The molecule has 0 aromatic heterocycles. The van der Waals surface area contributed by atoms with E-state index >= 15 is 0 Å². The fourth-order valence-electron chi connectivity index (χ4n) is 2.46. The first-order valence-electron chi connectivity index (χ1n) is 6.39. The number of nitrogens with two attached hydrogens (primary N) is 1. The van der Waals surface area contributed by atoms with E-state index in [1.165, 1.54) is 12.8 Å². The summed E-state index contributed by atoms with van der Waals surface area (Å²) in [6.45, 7) is 0. The fourth-order valence-corrected chi connectivity index (χ4v) is 3.28. The van der Waals surface area contributed by atoms with Gasteiger partial charge in [0.15, 0.2) is 0 Å². The highest BCUT2D eigenvalue weighted by Gasteiger charge is 2.23. The quantitative estimate of drug-likeness (QED) is 0.844. The van der Waals surface area contributed by atoms with Crippen LogP contribution in [-0.2, 0) is 0 Å². The Balaban J connectivity index is 0.00000180. The van der Waals surface area contributed by atoms with Gasteiger partial charge in [0.05, 0.1) is 5.56 Å². The third-order valence-electron chi connectivity index (χ3n) is 3.50. The van der Waals surface area contributed by atoms with Crippen molar-refractivity contribution in [3.05, 3.63) is 29.8 Å². The number of carbonyl (C=O) groups is 1. The third kappa shape index (κ3) is 4.32. The predicted octanol–water partition coefficient (Wildman–Crippen LogP) is 3.09. The van der Waals surface area contributed by atoms with Gasteiger partial charge in [-0.1, -0.05) is 18.6 Å². The molecule has 0 heterocycles. The molecule has 2 unspecified atom stereocenters. The predicted molar refractivity (Wildman–Crippen MR) is 85.1 cm³/mol. The summed E-state index contributed by atoms with van der Waals surface area (Å²) in [4.78, 5) is 12.1. The van der Waals surface area contributed by atoms with E-state index < -0.39 is 0 Å². The largest absolute Gasteiger partial charge is 0.398 e. The average molecular weight is 301 g/mol. The average Bonchev–Trinajstić information content (AvgIpc) is 2.39. The number of rotatable bonds is 3. The van der Waals surface area contributed by atoms with Crippen molar-refractivity contribution < 1.29 is 4.79 Å². The van der Waals surface area contributed by atoms with Gasteiger partial charge in [0.2, 0.25) is 0 Å². The summed E-state index contributed by atoms with van der Waals surface area (Å²) in [6, 6.07) is 7.52. The lowest BCUT2D eigenvalue weighted by Crippen LogP contribution is -2.39. The molecule has 106 valence electrons. The van der Waals surface area contributed by atoms with Crippen LogP contribution in [-0.4, -0.2) is 23.5 Å². The van der Waals surface area contributed by atoms with E-state index in [-0.39, 0.29) is 18.3 Å². The van der Waals surface area contributed by atoms with Crippen molar-refractivity contribution in [1.82, 2.24) is 5.32 Å². The molecule has 3 N–H and O–H groups in total. The van der Waals surface area contributed by atoms with Crippen LogP contribution >= 0.6 is 24.2 Å². The molecule has 1 amide bonds. The molecule has 3 nitrogen and oxygen atoms in total. The summed E-state index contributed by atoms with van der Waals surface area (Å²) in [6.07, 6.45) is 6.75. The second-order valence-corrected chi connectivity index (χ2v) is 5.92. The molecule has 2 rings (SSSR count). The standard InChI is InChI=1S/C14H20N2OS.ClH/c1-18-11-6-4-5-10(9-11)16-14(17)12-7-2-3-8-13(12)15;/h2-3,7-8,10-11H,4-6,9,15H2,1H3,(H,16,17);1H. The number of amides is 1. The molecule has 0 aliphatic heterocycles. The van der Waals surface area contributed by atoms with Crippen LogP contribution in [0.3, 0.4) is 0 Å². The van der Waals surface area contributed by atoms with Gasteiger partial charge in [-0.2, -0.15) is 11.8 Å². The second-order valence-electron chi connectivity index (χ2n) is 4.78. The number of benzene rings is 1. The number of anilines is 1. The van der Waals surface area contributed by atoms with E-state index in [9.17, 15) is 4.79 Å². The van der Waals surface area contributed by atoms with Gasteiger partial charge >= 0.3 is 0 Å². The number of para-hydroxylation sites is 1. The van der Waals surface area contributed by atoms with E-state index in [0.29, 0.717) is 22.5 Å². The zero-order valence-electron chi connectivity index (χ0n) is 11.1.